The van der Waals surface area contributed by atoms with Gasteiger partial charge in [-0.15, -0.1) is 0 Å². The first kappa shape index (κ1) is 10.8. The first-order chi connectivity index (χ1) is 9.42. The Morgan fingerprint density at radius 3 is 2.84 bits per heavy atom. The summed E-state index contributed by atoms with van der Waals surface area (Å²) in [5, 5.41) is 4.89. The monoisotopic (exact) mass is 253 g/mol. The van der Waals surface area contributed by atoms with Crippen molar-refractivity contribution in [3.05, 3.63) is 36.8 Å². The maximum absolute atomic E-state index is 5.11. The zero-order chi connectivity index (χ0) is 12.7. The van der Waals surface area contributed by atoms with Crippen LogP contribution < -0.4 is 0 Å². The van der Waals surface area contributed by atoms with Crippen LogP contribution in [0.25, 0.3) is 22.4 Å². The number of benzene rings is 1. The fourth-order valence-corrected chi connectivity index (χ4v) is 3.10. The largest absolute Gasteiger partial charge is 0.344 e. The second-order valence-electron chi connectivity index (χ2n) is 5.18. The van der Waals surface area contributed by atoms with E-state index in [1.165, 1.54) is 42.9 Å². The van der Waals surface area contributed by atoms with Gasteiger partial charge in [-0.1, -0.05) is 18.0 Å². The van der Waals surface area contributed by atoms with E-state index in [1.54, 1.807) is 0 Å². The molecule has 4 rings (SSSR count). The summed E-state index contributed by atoms with van der Waals surface area (Å²) in [7, 11) is 0. The van der Waals surface area contributed by atoms with Crippen LogP contribution in [0.1, 0.15) is 31.7 Å². The van der Waals surface area contributed by atoms with Gasteiger partial charge in [-0.05, 0) is 37.1 Å². The number of fused-ring (bicyclic) bond motifs is 1. The van der Waals surface area contributed by atoms with Gasteiger partial charge in [-0.3, -0.25) is 0 Å². The molecule has 19 heavy (non-hydrogen) atoms. The second kappa shape index (κ2) is 4.23. The standard InChI is InChI=1S/C15H15N3O/c1-2-4-13(3-1)18-8-7-11-9-12(5-6-14(11)18)15-16-10-17-19-15/h5-10,13H,1-4H2. The lowest BCUT2D eigenvalue weighted by molar-refractivity contribution is 0.430. The van der Waals surface area contributed by atoms with Crippen molar-refractivity contribution in [2.75, 3.05) is 0 Å². The molecule has 4 nitrogen and oxygen atoms in total. The molecule has 0 radical (unpaired) electrons. The number of nitrogens with zero attached hydrogens (tertiary/aromatic N) is 3. The maximum Gasteiger partial charge on any atom is 0.257 e. The van der Waals surface area contributed by atoms with E-state index in [4.69, 9.17) is 4.52 Å². The number of hydrogen-bond acceptors (Lipinski definition) is 3. The second-order valence-corrected chi connectivity index (χ2v) is 5.18. The molecule has 0 spiro atoms. The van der Waals surface area contributed by atoms with Crippen molar-refractivity contribution >= 4 is 10.9 Å². The van der Waals surface area contributed by atoms with Gasteiger partial charge in [0.2, 0.25) is 0 Å². The molecule has 2 aromatic heterocycles. The van der Waals surface area contributed by atoms with Crippen molar-refractivity contribution in [2.45, 2.75) is 31.7 Å². The first-order valence-electron chi connectivity index (χ1n) is 6.79. The van der Waals surface area contributed by atoms with Gasteiger partial charge in [-0.25, -0.2) is 0 Å². The lowest BCUT2D eigenvalue weighted by Crippen LogP contribution is -2.02. The minimum absolute atomic E-state index is 0.579. The highest BCUT2D eigenvalue weighted by Gasteiger charge is 2.18. The summed E-state index contributed by atoms with van der Waals surface area (Å²) in [4.78, 5) is 4.09. The van der Waals surface area contributed by atoms with Crippen LogP contribution in [0, 0.1) is 0 Å². The summed E-state index contributed by atoms with van der Waals surface area (Å²) < 4.78 is 7.52. The molecule has 0 bridgehead atoms. The van der Waals surface area contributed by atoms with Crippen LogP contribution in [0.4, 0.5) is 0 Å². The zero-order valence-electron chi connectivity index (χ0n) is 10.6. The van der Waals surface area contributed by atoms with Crippen molar-refractivity contribution < 1.29 is 4.52 Å². The summed E-state index contributed by atoms with van der Waals surface area (Å²) in [6, 6.07) is 9.18. The molecule has 0 atom stereocenters. The third-order valence-electron chi connectivity index (χ3n) is 4.05. The highest BCUT2D eigenvalue weighted by molar-refractivity contribution is 5.84. The predicted octanol–water partition coefficient (Wildman–Crippen LogP) is 3.81. The molecule has 0 unspecified atom stereocenters. The Morgan fingerprint density at radius 1 is 1.16 bits per heavy atom. The van der Waals surface area contributed by atoms with Crippen LogP contribution in [0.15, 0.2) is 41.3 Å². The van der Waals surface area contributed by atoms with Crippen LogP contribution in [0.5, 0.6) is 0 Å². The van der Waals surface area contributed by atoms with Gasteiger partial charge in [0.25, 0.3) is 5.89 Å². The summed E-state index contributed by atoms with van der Waals surface area (Å²) >= 11 is 0. The molecule has 96 valence electrons. The van der Waals surface area contributed by atoms with Crippen LogP contribution in [-0.4, -0.2) is 14.7 Å². The van der Waals surface area contributed by atoms with E-state index in [-0.39, 0.29) is 0 Å². The van der Waals surface area contributed by atoms with Crippen molar-refractivity contribution in [1.82, 2.24) is 14.7 Å². The minimum atomic E-state index is 0.579. The molecule has 0 saturated heterocycles. The normalized spacial score (nSPS) is 16.4. The summed E-state index contributed by atoms with van der Waals surface area (Å²) in [5.41, 5.74) is 2.28. The molecule has 0 N–H and O–H groups in total. The summed E-state index contributed by atoms with van der Waals surface area (Å²) in [6.07, 6.45) is 8.95. The third kappa shape index (κ3) is 1.75. The van der Waals surface area contributed by atoms with Gasteiger partial charge in [0, 0.05) is 28.7 Å². The summed E-state index contributed by atoms with van der Waals surface area (Å²) in [6.45, 7) is 0. The van der Waals surface area contributed by atoms with E-state index in [1.807, 2.05) is 0 Å². The fraction of sp³-hybridized carbons (Fsp3) is 0.333. The average Bonchev–Trinajstić information content (AvgIpc) is 3.18. The van der Waals surface area contributed by atoms with E-state index in [0.29, 0.717) is 11.9 Å². The van der Waals surface area contributed by atoms with Gasteiger partial charge in [0.15, 0.2) is 6.33 Å². The average molecular weight is 253 g/mol. The molecule has 1 aliphatic rings. The maximum atomic E-state index is 5.11. The van der Waals surface area contributed by atoms with Crippen molar-refractivity contribution in [1.29, 1.82) is 0 Å². The highest BCUT2D eigenvalue weighted by Crippen LogP contribution is 2.33. The first-order valence-corrected chi connectivity index (χ1v) is 6.79. The Labute approximate surface area is 111 Å². The molecular weight excluding hydrogens is 238 g/mol. The van der Waals surface area contributed by atoms with E-state index >= 15 is 0 Å². The smallest absolute Gasteiger partial charge is 0.257 e. The van der Waals surface area contributed by atoms with Gasteiger partial charge in [0.05, 0.1) is 0 Å². The molecule has 1 fully saturated rings. The fourth-order valence-electron chi connectivity index (χ4n) is 3.10. The quantitative estimate of drug-likeness (QED) is 0.697. The Morgan fingerprint density at radius 2 is 2.05 bits per heavy atom. The van der Waals surface area contributed by atoms with Gasteiger partial charge < -0.3 is 9.09 Å². The topological polar surface area (TPSA) is 43.9 Å². The van der Waals surface area contributed by atoms with Gasteiger partial charge in [0.1, 0.15) is 0 Å². The minimum Gasteiger partial charge on any atom is -0.344 e. The molecule has 1 saturated carbocycles. The lowest BCUT2D eigenvalue weighted by Gasteiger charge is -2.13. The molecule has 1 aromatic carbocycles. The molecule has 2 heterocycles. The molecule has 4 heteroatoms. The van der Waals surface area contributed by atoms with E-state index in [0.717, 1.165) is 5.56 Å². The number of rotatable bonds is 2. The SMILES string of the molecule is c1noc(-c2ccc3c(ccn3C3CCCC3)c2)n1. The van der Waals surface area contributed by atoms with Crippen molar-refractivity contribution in [3.63, 3.8) is 0 Å². The van der Waals surface area contributed by atoms with E-state index in [9.17, 15) is 0 Å². The number of hydrogen-bond donors (Lipinski definition) is 0. The van der Waals surface area contributed by atoms with Crippen molar-refractivity contribution in [3.8, 4) is 11.5 Å². The molecule has 0 aliphatic heterocycles. The summed E-state index contributed by atoms with van der Waals surface area (Å²) in [5.74, 6) is 0.579. The molecule has 0 amide bonds. The Kier molecular flexibility index (Phi) is 2.40. The van der Waals surface area contributed by atoms with E-state index < -0.39 is 0 Å². The Balaban J connectivity index is 1.79. The van der Waals surface area contributed by atoms with Crippen LogP contribution >= 0.6 is 0 Å². The van der Waals surface area contributed by atoms with Crippen LogP contribution in [-0.2, 0) is 0 Å². The third-order valence-corrected chi connectivity index (χ3v) is 4.05. The van der Waals surface area contributed by atoms with Gasteiger partial charge in [-0.2, -0.15) is 4.98 Å². The zero-order valence-corrected chi connectivity index (χ0v) is 10.6. The molecule has 3 aromatic rings. The molecule has 1 aliphatic carbocycles. The van der Waals surface area contributed by atoms with E-state index in [2.05, 4.69) is 45.2 Å². The number of aromatic nitrogens is 3. The predicted molar refractivity (Wildman–Crippen MR) is 72.7 cm³/mol. The van der Waals surface area contributed by atoms with Crippen LogP contribution in [0.2, 0.25) is 0 Å². The van der Waals surface area contributed by atoms with Crippen molar-refractivity contribution in [2.24, 2.45) is 0 Å². The van der Waals surface area contributed by atoms with Crippen LogP contribution in [0.3, 0.4) is 0 Å². The molecular formula is C15H15N3O. The highest BCUT2D eigenvalue weighted by atomic mass is 16.5. The Bertz CT molecular complexity index is 693. The lowest BCUT2D eigenvalue weighted by atomic mass is 10.1. The Hall–Kier alpha value is -2.10. The van der Waals surface area contributed by atoms with Gasteiger partial charge >= 0.3 is 0 Å².